The molecule has 144 valence electrons. The Balaban J connectivity index is 1.80. The smallest absolute Gasteiger partial charge is 0.257 e. The van der Waals surface area contributed by atoms with E-state index in [1.165, 1.54) is 19.2 Å². The van der Waals surface area contributed by atoms with Gasteiger partial charge >= 0.3 is 0 Å². The highest BCUT2D eigenvalue weighted by molar-refractivity contribution is 6.32. The van der Waals surface area contributed by atoms with Crippen LogP contribution in [0.4, 0.5) is 5.82 Å². The van der Waals surface area contributed by atoms with E-state index in [-0.39, 0.29) is 29.0 Å². The highest BCUT2D eigenvalue weighted by Crippen LogP contribution is 2.37. The second-order valence-electron chi connectivity index (χ2n) is 6.30. The first-order valence-electron chi connectivity index (χ1n) is 8.63. The number of nitrogens with one attached hydrogen (secondary N) is 1. The van der Waals surface area contributed by atoms with Gasteiger partial charge in [0.15, 0.2) is 18.1 Å². The monoisotopic (exact) mass is 392 g/mol. The van der Waals surface area contributed by atoms with E-state index in [4.69, 9.17) is 26.8 Å². The molecule has 2 aromatic rings. The molecule has 1 aromatic heterocycles. The molecule has 1 fully saturated rings. The average molecular weight is 393 g/mol. The van der Waals surface area contributed by atoms with Gasteiger partial charge in [-0.3, -0.25) is 9.59 Å². The molecule has 2 amide bonds. The van der Waals surface area contributed by atoms with E-state index < -0.39 is 5.91 Å². The summed E-state index contributed by atoms with van der Waals surface area (Å²) >= 11 is 6.20. The maximum atomic E-state index is 12.7. The van der Waals surface area contributed by atoms with Crippen LogP contribution in [0.1, 0.15) is 42.1 Å². The maximum absolute atomic E-state index is 12.7. The van der Waals surface area contributed by atoms with Gasteiger partial charge in [0.05, 0.1) is 24.4 Å². The first-order valence-corrected chi connectivity index (χ1v) is 9.01. The molecule has 3 rings (SSSR count). The Morgan fingerprint density at radius 2 is 2.11 bits per heavy atom. The lowest BCUT2D eigenvalue weighted by atomic mass is 10.2. The molecule has 0 bridgehead atoms. The van der Waals surface area contributed by atoms with Crippen LogP contribution >= 0.6 is 11.6 Å². The van der Waals surface area contributed by atoms with Crippen molar-refractivity contribution in [2.24, 2.45) is 5.73 Å². The van der Waals surface area contributed by atoms with E-state index in [1.54, 1.807) is 12.3 Å². The Hall–Kier alpha value is -2.74. The molecule has 8 nitrogen and oxygen atoms in total. The SMILES string of the molecule is COc1cc(C(=O)Nc2ccnn2C2CCCC2)cc(Cl)c1OCC(N)=O. The van der Waals surface area contributed by atoms with Crippen LogP contribution in [-0.4, -0.2) is 35.3 Å². The summed E-state index contributed by atoms with van der Waals surface area (Å²) in [7, 11) is 1.42. The summed E-state index contributed by atoms with van der Waals surface area (Å²) in [6.07, 6.45) is 6.10. The van der Waals surface area contributed by atoms with Gasteiger partial charge in [-0.2, -0.15) is 5.10 Å². The molecular formula is C18H21ClN4O4. The molecule has 3 N–H and O–H groups in total. The summed E-state index contributed by atoms with van der Waals surface area (Å²) < 4.78 is 12.4. The summed E-state index contributed by atoms with van der Waals surface area (Å²) in [4.78, 5) is 23.6. The minimum atomic E-state index is -0.643. The van der Waals surface area contributed by atoms with Crippen LogP contribution in [0.2, 0.25) is 5.02 Å². The molecule has 1 aliphatic carbocycles. The van der Waals surface area contributed by atoms with Crippen molar-refractivity contribution in [1.29, 1.82) is 0 Å². The Morgan fingerprint density at radius 3 is 2.78 bits per heavy atom. The van der Waals surface area contributed by atoms with Crippen molar-refractivity contribution >= 4 is 29.2 Å². The number of ether oxygens (including phenoxy) is 2. The Morgan fingerprint density at radius 1 is 1.37 bits per heavy atom. The highest BCUT2D eigenvalue weighted by atomic mass is 35.5. The fourth-order valence-corrected chi connectivity index (χ4v) is 3.44. The molecule has 0 saturated heterocycles. The summed E-state index contributed by atoms with van der Waals surface area (Å²) in [6.45, 7) is -0.345. The van der Waals surface area contributed by atoms with Crippen LogP contribution in [0.3, 0.4) is 0 Å². The molecule has 1 heterocycles. The van der Waals surface area contributed by atoms with Crippen molar-refractivity contribution in [2.45, 2.75) is 31.7 Å². The largest absolute Gasteiger partial charge is 0.493 e. The van der Waals surface area contributed by atoms with Crippen LogP contribution in [0.5, 0.6) is 11.5 Å². The second-order valence-corrected chi connectivity index (χ2v) is 6.71. The lowest BCUT2D eigenvalue weighted by molar-refractivity contribution is -0.119. The molecule has 27 heavy (non-hydrogen) atoms. The maximum Gasteiger partial charge on any atom is 0.257 e. The topological polar surface area (TPSA) is 108 Å². The molecule has 1 saturated carbocycles. The zero-order valence-corrected chi connectivity index (χ0v) is 15.7. The predicted molar refractivity (Wildman–Crippen MR) is 100 cm³/mol. The lowest BCUT2D eigenvalue weighted by Gasteiger charge is -2.16. The first kappa shape index (κ1) is 19.0. The van der Waals surface area contributed by atoms with Gasteiger partial charge in [-0.15, -0.1) is 0 Å². The summed E-state index contributed by atoms with van der Waals surface area (Å²) in [5.41, 5.74) is 5.38. The number of nitrogens with two attached hydrogens (primary N) is 1. The van der Waals surface area contributed by atoms with Gasteiger partial charge in [0, 0.05) is 11.6 Å². The number of halogens is 1. The number of primary amides is 1. The van der Waals surface area contributed by atoms with E-state index in [9.17, 15) is 9.59 Å². The number of hydrogen-bond donors (Lipinski definition) is 2. The number of amides is 2. The molecule has 1 aliphatic rings. The average Bonchev–Trinajstić information content (AvgIpc) is 3.31. The predicted octanol–water partition coefficient (Wildman–Crippen LogP) is 2.78. The van der Waals surface area contributed by atoms with Crippen molar-refractivity contribution in [3.05, 3.63) is 35.0 Å². The Labute approximate surface area is 161 Å². The zero-order chi connectivity index (χ0) is 19.4. The van der Waals surface area contributed by atoms with Crippen molar-refractivity contribution in [2.75, 3.05) is 19.0 Å². The van der Waals surface area contributed by atoms with Gasteiger partial charge in [0.1, 0.15) is 5.82 Å². The van der Waals surface area contributed by atoms with Gasteiger partial charge in [-0.25, -0.2) is 4.68 Å². The number of carbonyl (C=O) groups is 2. The van der Waals surface area contributed by atoms with Crippen LogP contribution in [0, 0.1) is 0 Å². The number of nitrogens with zero attached hydrogens (tertiary/aromatic N) is 2. The van der Waals surface area contributed by atoms with Crippen LogP contribution in [0.25, 0.3) is 0 Å². The number of carbonyl (C=O) groups excluding carboxylic acids is 2. The Kier molecular flexibility index (Phi) is 5.85. The minimum absolute atomic E-state index is 0.144. The van der Waals surface area contributed by atoms with Crippen molar-refractivity contribution in [3.8, 4) is 11.5 Å². The van der Waals surface area contributed by atoms with E-state index in [0.717, 1.165) is 25.7 Å². The number of hydrogen-bond acceptors (Lipinski definition) is 5. The number of anilines is 1. The van der Waals surface area contributed by atoms with Gasteiger partial charge < -0.3 is 20.5 Å². The van der Waals surface area contributed by atoms with Crippen molar-refractivity contribution in [1.82, 2.24) is 9.78 Å². The number of benzene rings is 1. The van der Waals surface area contributed by atoms with E-state index in [1.807, 2.05) is 4.68 Å². The molecule has 0 unspecified atom stereocenters. The molecule has 1 aromatic carbocycles. The number of methoxy groups -OCH3 is 1. The molecule has 0 spiro atoms. The first-order chi connectivity index (χ1) is 13.0. The highest BCUT2D eigenvalue weighted by Gasteiger charge is 2.22. The quantitative estimate of drug-likeness (QED) is 0.753. The number of aromatic nitrogens is 2. The Bertz CT molecular complexity index is 846. The van der Waals surface area contributed by atoms with Crippen molar-refractivity contribution < 1.29 is 19.1 Å². The van der Waals surface area contributed by atoms with Crippen molar-refractivity contribution in [3.63, 3.8) is 0 Å². The van der Waals surface area contributed by atoms with Gasteiger partial charge in [-0.05, 0) is 25.0 Å². The molecule has 0 aliphatic heterocycles. The lowest BCUT2D eigenvalue weighted by Crippen LogP contribution is -2.20. The number of rotatable bonds is 7. The van der Waals surface area contributed by atoms with Crippen LogP contribution < -0.4 is 20.5 Å². The third kappa shape index (κ3) is 4.33. The summed E-state index contributed by atoms with van der Waals surface area (Å²) in [5.74, 6) is 0.0336. The van der Waals surface area contributed by atoms with Gasteiger partial charge in [0.25, 0.3) is 11.8 Å². The van der Waals surface area contributed by atoms with Gasteiger partial charge in [-0.1, -0.05) is 24.4 Å². The van der Waals surface area contributed by atoms with E-state index in [2.05, 4.69) is 10.4 Å². The third-order valence-electron chi connectivity index (χ3n) is 4.43. The zero-order valence-electron chi connectivity index (χ0n) is 14.9. The van der Waals surface area contributed by atoms with Crippen LogP contribution in [0.15, 0.2) is 24.4 Å². The third-order valence-corrected chi connectivity index (χ3v) is 4.71. The molecule has 0 radical (unpaired) electrons. The summed E-state index contributed by atoms with van der Waals surface area (Å²) in [5, 5.41) is 7.35. The van der Waals surface area contributed by atoms with Gasteiger partial charge in [0.2, 0.25) is 0 Å². The molecule has 0 atom stereocenters. The summed E-state index contributed by atoms with van der Waals surface area (Å²) in [6, 6.07) is 5.01. The molecular weight excluding hydrogens is 372 g/mol. The van der Waals surface area contributed by atoms with E-state index >= 15 is 0 Å². The normalized spacial score (nSPS) is 14.1. The van der Waals surface area contributed by atoms with Crippen LogP contribution in [-0.2, 0) is 4.79 Å². The second kappa shape index (κ2) is 8.30. The standard InChI is InChI=1S/C18H21ClN4O4/c1-26-14-9-11(8-13(19)17(14)27-10-15(20)24)18(25)22-16-6-7-21-23(16)12-4-2-3-5-12/h6-9,12H,2-5,10H2,1H3,(H2,20,24)(H,22,25). The fourth-order valence-electron chi connectivity index (χ4n) is 3.18. The van der Waals surface area contributed by atoms with E-state index in [0.29, 0.717) is 17.4 Å². The fraction of sp³-hybridized carbons (Fsp3) is 0.389. The minimum Gasteiger partial charge on any atom is -0.493 e. The molecule has 9 heteroatoms.